The van der Waals surface area contributed by atoms with Gasteiger partial charge in [-0.3, -0.25) is 4.79 Å². The summed E-state index contributed by atoms with van der Waals surface area (Å²) in [6.07, 6.45) is 2.27. The smallest absolute Gasteiger partial charge is 0.323 e. The normalized spacial score (nSPS) is 13.3. The number of hydrogen-bond acceptors (Lipinski definition) is 3. The molecule has 2 N–H and O–H groups in total. The maximum atomic E-state index is 13.1. The fraction of sp³-hybridized carbons (Fsp3) is 0.364. The van der Waals surface area contributed by atoms with Gasteiger partial charge in [-0.05, 0) is 69.2 Å². The summed E-state index contributed by atoms with van der Waals surface area (Å²) in [6, 6.07) is 12.6. The van der Waals surface area contributed by atoms with Crippen LogP contribution in [0.2, 0.25) is 0 Å². The number of benzene rings is 2. The molecule has 7 heteroatoms. The van der Waals surface area contributed by atoms with Crippen LogP contribution in [0.1, 0.15) is 37.0 Å². The SMILES string of the molecule is CCN(CC)C(=O)c1cc(NC(=O)Nc2ccc(Br)cc2)ccc1N1CCCC1. The third-order valence-electron chi connectivity index (χ3n) is 5.08. The average Bonchev–Trinajstić information content (AvgIpc) is 3.25. The van der Waals surface area contributed by atoms with Crippen molar-refractivity contribution in [3.63, 3.8) is 0 Å². The molecule has 0 spiro atoms. The van der Waals surface area contributed by atoms with Gasteiger partial charge in [0.15, 0.2) is 0 Å². The van der Waals surface area contributed by atoms with Gasteiger partial charge < -0.3 is 20.4 Å². The Labute approximate surface area is 180 Å². The van der Waals surface area contributed by atoms with Crippen LogP contribution in [0.5, 0.6) is 0 Å². The van der Waals surface area contributed by atoms with Crippen molar-refractivity contribution in [1.29, 1.82) is 0 Å². The molecule has 3 rings (SSSR count). The summed E-state index contributed by atoms with van der Waals surface area (Å²) in [4.78, 5) is 29.6. The second-order valence-corrected chi connectivity index (χ2v) is 7.91. The van der Waals surface area contributed by atoms with Crippen molar-refractivity contribution in [2.45, 2.75) is 26.7 Å². The lowest BCUT2D eigenvalue weighted by Crippen LogP contribution is -2.32. The molecule has 29 heavy (non-hydrogen) atoms. The molecule has 2 aromatic rings. The van der Waals surface area contributed by atoms with Gasteiger partial charge in [-0.1, -0.05) is 15.9 Å². The van der Waals surface area contributed by atoms with E-state index in [1.807, 2.05) is 50.2 Å². The summed E-state index contributed by atoms with van der Waals surface area (Å²) >= 11 is 3.38. The number of nitrogens with zero attached hydrogens (tertiary/aromatic N) is 2. The highest BCUT2D eigenvalue weighted by Gasteiger charge is 2.23. The van der Waals surface area contributed by atoms with E-state index >= 15 is 0 Å². The second-order valence-electron chi connectivity index (χ2n) is 6.99. The Morgan fingerprint density at radius 2 is 1.55 bits per heavy atom. The summed E-state index contributed by atoms with van der Waals surface area (Å²) in [7, 11) is 0. The van der Waals surface area contributed by atoms with E-state index in [1.54, 1.807) is 11.0 Å². The minimum absolute atomic E-state index is 0.00568. The first kappa shape index (κ1) is 21.2. The Morgan fingerprint density at radius 3 is 2.17 bits per heavy atom. The van der Waals surface area contributed by atoms with Crippen molar-refractivity contribution in [1.82, 2.24) is 4.90 Å². The zero-order valence-corrected chi connectivity index (χ0v) is 18.5. The highest BCUT2D eigenvalue weighted by molar-refractivity contribution is 9.10. The van der Waals surface area contributed by atoms with E-state index in [0.717, 1.165) is 36.1 Å². The number of urea groups is 1. The zero-order valence-electron chi connectivity index (χ0n) is 16.9. The van der Waals surface area contributed by atoms with E-state index in [2.05, 4.69) is 31.5 Å². The number of nitrogens with one attached hydrogen (secondary N) is 2. The summed E-state index contributed by atoms with van der Waals surface area (Å²) in [5.74, 6) is -0.00568. The van der Waals surface area contributed by atoms with Crippen LogP contribution in [-0.4, -0.2) is 43.0 Å². The van der Waals surface area contributed by atoms with E-state index in [1.165, 1.54) is 0 Å². The van der Waals surface area contributed by atoms with E-state index in [-0.39, 0.29) is 11.9 Å². The van der Waals surface area contributed by atoms with Crippen molar-refractivity contribution in [3.05, 3.63) is 52.5 Å². The van der Waals surface area contributed by atoms with Gasteiger partial charge in [0.05, 0.1) is 5.56 Å². The molecule has 0 radical (unpaired) electrons. The van der Waals surface area contributed by atoms with Crippen LogP contribution in [0.3, 0.4) is 0 Å². The van der Waals surface area contributed by atoms with Gasteiger partial charge >= 0.3 is 6.03 Å². The third-order valence-corrected chi connectivity index (χ3v) is 5.61. The molecule has 2 aromatic carbocycles. The molecule has 3 amide bonds. The molecule has 1 fully saturated rings. The summed E-state index contributed by atoms with van der Waals surface area (Å²) in [5, 5.41) is 5.65. The van der Waals surface area contributed by atoms with Crippen molar-refractivity contribution >= 4 is 44.9 Å². The van der Waals surface area contributed by atoms with Gasteiger partial charge in [0.2, 0.25) is 0 Å². The van der Waals surface area contributed by atoms with Crippen LogP contribution in [0.4, 0.5) is 21.9 Å². The number of carbonyl (C=O) groups excluding carboxylic acids is 2. The maximum absolute atomic E-state index is 13.1. The number of amides is 3. The Bertz CT molecular complexity index is 860. The first-order valence-corrected chi connectivity index (χ1v) is 10.8. The van der Waals surface area contributed by atoms with Gasteiger partial charge in [-0.2, -0.15) is 0 Å². The molecule has 0 unspecified atom stereocenters. The molecular weight excluding hydrogens is 432 g/mol. The third kappa shape index (κ3) is 5.29. The van der Waals surface area contributed by atoms with Gasteiger partial charge in [0.25, 0.3) is 5.91 Å². The minimum atomic E-state index is -0.345. The lowest BCUT2D eigenvalue weighted by molar-refractivity contribution is 0.0773. The fourth-order valence-corrected chi connectivity index (χ4v) is 3.79. The molecule has 1 saturated heterocycles. The van der Waals surface area contributed by atoms with Crippen molar-refractivity contribution in [2.75, 3.05) is 41.7 Å². The topological polar surface area (TPSA) is 64.7 Å². The number of carbonyl (C=O) groups is 2. The zero-order chi connectivity index (χ0) is 20.8. The fourth-order valence-electron chi connectivity index (χ4n) is 3.53. The number of halogens is 1. The van der Waals surface area contributed by atoms with E-state index in [9.17, 15) is 9.59 Å². The minimum Gasteiger partial charge on any atom is -0.371 e. The van der Waals surface area contributed by atoms with E-state index < -0.39 is 0 Å². The summed E-state index contributed by atoms with van der Waals surface area (Å²) in [6.45, 7) is 7.16. The molecule has 0 atom stereocenters. The van der Waals surface area contributed by atoms with Crippen LogP contribution in [0.15, 0.2) is 46.9 Å². The summed E-state index contributed by atoms with van der Waals surface area (Å²) in [5.41, 5.74) is 2.87. The molecular formula is C22H27BrN4O2. The highest BCUT2D eigenvalue weighted by Crippen LogP contribution is 2.29. The average molecular weight is 459 g/mol. The molecule has 1 aliphatic rings. The van der Waals surface area contributed by atoms with Gasteiger partial charge in [-0.15, -0.1) is 0 Å². The Hall–Kier alpha value is -2.54. The molecule has 1 heterocycles. The quantitative estimate of drug-likeness (QED) is 0.626. The van der Waals surface area contributed by atoms with Gasteiger partial charge in [0.1, 0.15) is 0 Å². The lowest BCUT2D eigenvalue weighted by atomic mass is 10.1. The van der Waals surface area contributed by atoms with Crippen LogP contribution < -0.4 is 15.5 Å². The predicted molar refractivity (Wildman–Crippen MR) is 122 cm³/mol. The molecule has 0 aliphatic carbocycles. The van der Waals surface area contributed by atoms with Crippen LogP contribution in [-0.2, 0) is 0 Å². The Kier molecular flexibility index (Phi) is 7.14. The Morgan fingerprint density at radius 1 is 0.966 bits per heavy atom. The first-order chi connectivity index (χ1) is 14.0. The number of anilines is 3. The van der Waals surface area contributed by atoms with Crippen LogP contribution in [0.25, 0.3) is 0 Å². The standard InChI is InChI=1S/C22H27BrN4O2/c1-3-26(4-2)21(28)19-15-18(11-12-20(19)27-13-5-6-14-27)25-22(29)24-17-9-7-16(23)8-10-17/h7-12,15H,3-6,13-14H2,1-2H3,(H2,24,25,29). The molecule has 1 aliphatic heterocycles. The first-order valence-electron chi connectivity index (χ1n) is 10.0. The second kappa shape index (κ2) is 9.78. The van der Waals surface area contributed by atoms with Crippen LogP contribution in [0, 0.1) is 0 Å². The molecule has 0 bridgehead atoms. The molecule has 154 valence electrons. The molecule has 0 aromatic heterocycles. The predicted octanol–water partition coefficient (Wildman–Crippen LogP) is 5.18. The van der Waals surface area contributed by atoms with Gasteiger partial charge in [0, 0.05) is 47.7 Å². The largest absolute Gasteiger partial charge is 0.371 e. The van der Waals surface area contributed by atoms with Crippen LogP contribution >= 0.6 is 15.9 Å². The number of hydrogen-bond donors (Lipinski definition) is 2. The van der Waals surface area contributed by atoms with E-state index in [4.69, 9.17) is 0 Å². The molecule has 6 nitrogen and oxygen atoms in total. The monoisotopic (exact) mass is 458 g/mol. The maximum Gasteiger partial charge on any atom is 0.323 e. The number of rotatable bonds is 6. The lowest BCUT2D eigenvalue weighted by Gasteiger charge is -2.25. The van der Waals surface area contributed by atoms with Crippen molar-refractivity contribution in [2.24, 2.45) is 0 Å². The molecule has 0 saturated carbocycles. The van der Waals surface area contributed by atoms with Crippen molar-refractivity contribution in [3.8, 4) is 0 Å². The Balaban J connectivity index is 1.81. The van der Waals surface area contributed by atoms with E-state index in [0.29, 0.717) is 30.0 Å². The van der Waals surface area contributed by atoms with Gasteiger partial charge in [-0.25, -0.2) is 4.79 Å². The highest BCUT2D eigenvalue weighted by atomic mass is 79.9. The van der Waals surface area contributed by atoms with Crippen molar-refractivity contribution < 1.29 is 9.59 Å². The summed E-state index contributed by atoms with van der Waals surface area (Å²) < 4.78 is 0.945.